The van der Waals surface area contributed by atoms with E-state index in [1.165, 1.54) is 0 Å². The van der Waals surface area contributed by atoms with Gasteiger partial charge in [-0.1, -0.05) is 0 Å². The smallest absolute Gasteiger partial charge is 0.231 e. The van der Waals surface area contributed by atoms with Gasteiger partial charge in [-0.3, -0.25) is 4.79 Å². The van der Waals surface area contributed by atoms with E-state index in [1.54, 1.807) is 38.5 Å². The van der Waals surface area contributed by atoms with Crippen LogP contribution in [0, 0.1) is 0 Å². The van der Waals surface area contributed by atoms with Crippen molar-refractivity contribution in [3.05, 3.63) is 52.7 Å². The highest BCUT2D eigenvalue weighted by Crippen LogP contribution is 2.26. The first-order chi connectivity index (χ1) is 11.2. The Bertz CT molecular complexity index is 1110. The Morgan fingerprint density at radius 3 is 2.43 bits per heavy atom. The van der Waals surface area contributed by atoms with E-state index >= 15 is 0 Å². The molecule has 0 aliphatic carbocycles. The van der Waals surface area contributed by atoms with Crippen molar-refractivity contribution < 1.29 is 13.9 Å². The highest BCUT2D eigenvalue weighted by Gasteiger charge is 2.11. The lowest BCUT2D eigenvalue weighted by molar-refractivity contribution is 0.415. The quantitative estimate of drug-likeness (QED) is 0.530. The lowest BCUT2D eigenvalue weighted by Crippen LogP contribution is -2.03. The van der Waals surface area contributed by atoms with Crippen molar-refractivity contribution in [3.8, 4) is 11.5 Å². The number of benzene rings is 2. The third-order valence-electron chi connectivity index (χ3n) is 3.87. The van der Waals surface area contributed by atoms with Crippen LogP contribution in [-0.2, 0) is 0 Å². The summed E-state index contributed by atoms with van der Waals surface area (Å²) in [5.41, 5.74) is 1.43. The molecule has 0 amide bonds. The standard InChI is InChI=1S/C18H13NO4/c1-21-11-3-5-15-10(7-11)8-14-17(20)13-9-12(22-2)4-6-16(13)23-18(14)19-15/h3-9H,1-2H3. The second kappa shape index (κ2) is 4.98. The van der Waals surface area contributed by atoms with Gasteiger partial charge in [0.1, 0.15) is 17.1 Å². The van der Waals surface area contributed by atoms with E-state index in [-0.39, 0.29) is 5.43 Å². The monoisotopic (exact) mass is 307 g/mol. The van der Waals surface area contributed by atoms with Gasteiger partial charge in [0.25, 0.3) is 0 Å². The summed E-state index contributed by atoms with van der Waals surface area (Å²) in [6.45, 7) is 0. The van der Waals surface area contributed by atoms with Crippen LogP contribution in [0.4, 0.5) is 0 Å². The van der Waals surface area contributed by atoms with Gasteiger partial charge in [0.05, 0.1) is 30.5 Å². The van der Waals surface area contributed by atoms with Crippen molar-refractivity contribution in [2.24, 2.45) is 0 Å². The maximum absolute atomic E-state index is 12.8. The van der Waals surface area contributed by atoms with Crippen molar-refractivity contribution in [2.45, 2.75) is 0 Å². The summed E-state index contributed by atoms with van der Waals surface area (Å²) in [7, 11) is 3.16. The highest BCUT2D eigenvalue weighted by molar-refractivity contribution is 5.95. The number of fused-ring (bicyclic) bond motifs is 3. The lowest BCUT2D eigenvalue weighted by Gasteiger charge is -2.06. The molecule has 5 heteroatoms. The van der Waals surface area contributed by atoms with E-state index in [9.17, 15) is 4.79 Å². The minimum absolute atomic E-state index is 0.127. The number of ether oxygens (including phenoxy) is 2. The van der Waals surface area contributed by atoms with Gasteiger partial charge in [-0.25, -0.2) is 4.98 Å². The first-order valence-electron chi connectivity index (χ1n) is 7.09. The van der Waals surface area contributed by atoms with Crippen LogP contribution in [0.1, 0.15) is 0 Å². The minimum atomic E-state index is -0.127. The minimum Gasteiger partial charge on any atom is -0.497 e. The molecule has 4 rings (SSSR count). The van der Waals surface area contributed by atoms with Gasteiger partial charge in [-0.2, -0.15) is 0 Å². The molecule has 0 atom stereocenters. The van der Waals surface area contributed by atoms with Crippen LogP contribution in [0.2, 0.25) is 0 Å². The fraction of sp³-hybridized carbons (Fsp3) is 0.111. The molecule has 0 saturated carbocycles. The van der Waals surface area contributed by atoms with E-state index < -0.39 is 0 Å². The number of nitrogens with zero attached hydrogens (tertiary/aromatic N) is 1. The molecule has 5 nitrogen and oxygen atoms in total. The molecule has 23 heavy (non-hydrogen) atoms. The van der Waals surface area contributed by atoms with E-state index in [2.05, 4.69) is 4.98 Å². The normalized spacial score (nSPS) is 11.2. The zero-order chi connectivity index (χ0) is 16.0. The summed E-state index contributed by atoms with van der Waals surface area (Å²) in [5, 5.41) is 1.73. The Kier molecular flexibility index (Phi) is 2.94. The highest BCUT2D eigenvalue weighted by atomic mass is 16.5. The van der Waals surface area contributed by atoms with Crippen molar-refractivity contribution in [1.29, 1.82) is 0 Å². The van der Waals surface area contributed by atoms with Gasteiger partial charge >= 0.3 is 0 Å². The maximum Gasteiger partial charge on any atom is 0.231 e. The van der Waals surface area contributed by atoms with Gasteiger partial charge in [0.15, 0.2) is 0 Å². The molecule has 4 aromatic rings. The zero-order valence-corrected chi connectivity index (χ0v) is 12.6. The zero-order valence-electron chi connectivity index (χ0n) is 12.6. The largest absolute Gasteiger partial charge is 0.497 e. The SMILES string of the molecule is COc1ccc2nc3oc4ccc(OC)cc4c(=O)c3cc2c1. The molecule has 2 aromatic heterocycles. The molecule has 0 fully saturated rings. The van der Waals surface area contributed by atoms with Gasteiger partial charge < -0.3 is 13.9 Å². The van der Waals surface area contributed by atoms with Gasteiger partial charge in [0, 0.05) is 5.39 Å². The molecule has 0 saturated heterocycles. The van der Waals surface area contributed by atoms with Crippen LogP contribution in [0.25, 0.3) is 33.0 Å². The van der Waals surface area contributed by atoms with Crippen LogP contribution >= 0.6 is 0 Å². The molecular weight excluding hydrogens is 294 g/mol. The van der Waals surface area contributed by atoms with Crippen LogP contribution in [0.3, 0.4) is 0 Å². The van der Waals surface area contributed by atoms with Crippen molar-refractivity contribution >= 4 is 33.0 Å². The van der Waals surface area contributed by atoms with Crippen molar-refractivity contribution in [1.82, 2.24) is 4.98 Å². The second-order valence-corrected chi connectivity index (χ2v) is 5.19. The summed E-state index contributed by atoms with van der Waals surface area (Å²) >= 11 is 0. The van der Waals surface area contributed by atoms with Crippen LogP contribution in [-0.4, -0.2) is 19.2 Å². The average molecular weight is 307 g/mol. The Labute approximate surface area is 131 Å². The predicted molar refractivity (Wildman–Crippen MR) is 88.4 cm³/mol. The lowest BCUT2D eigenvalue weighted by atomic mass is 10.1. The summed E-state index contributed by atoms with van der Waals surface area (Å²) in [4.78, 5) is 17.2. The fourth-order valence-electron chi connectivity index (χ4n) is 2.66. The summed E-state index contributed by atoms with van der Waals surface area (Å²) < 4.78 is 16.2. The number of pyridine rings is 1. The summed E-state index contributed by atoms with van der Waals surface area (Å²) in [6.07, 6.45) is 0. The van der Waals surface area contributed by atoms with E-state index in [0.29, 0.717) is 33.6 Å². The number of rotatable bonds is 2. The maximum atomic E-state index is 12.8. The van der Waals surface area contributed by atoms with Crippen molar-refractivity contribution in [2.75, 3.05) is 14.2 Å². The molecule has 0 radical (unpaired) electrons. The van der Waals surface area contributed by atoms with Gasteiger partial charge in [-0.05, 0) is 42.5 Å². The van der Waals surface area contributed by atoms with Gasteiger partial charge in [-0.15, -0.1) is 0 Å². The third-order valence-corrected chi connectivity index (χ3v) is 3.87. The van der Waals surface area contributed by atoms with E-state index in [1.807, 2.05) is 18.2 Å². The number of hydrogen-bond acceptors (Lipinski definition) is 5. The molecule has 0 spiro atoms. The first-order valence-corrected chi connectivity index (χ1v) is 7.09. The Hall–Kier alpha value is -3.08. The van der Waals surface area contributed by atoms with E-state index in [4.69, 9.17) is 13.9 Å². The average Bonchev–Trinajstić information content (AvgIpc) is 2.60. The molecule has 0 aliphatic heterocycles. The summed E-state index contributed by atoms with van der Waals surface area (Å²) in [6, 6.07) is 12.4. The molecule has 0 N–H and O–H groups in total. The molecule has 2 aromatic carbocycles. The Morgan fingerprint density at radius 1 is 0.913 bits per heavy atom. The molecule has 2 heterocycles. The predicted octanol–water partition coefficient (Wildman–Crippen LogP) is 3.51. The number of methoxy groups -OCH3 is 2. The third kappa shape index (κ3) is 2.09. The molecule has 114 valence electrons. The van der Waals surface area contributed by atoms with E-state index in [0.717, 1.165) is 10.9 Å². The number of aromatic nitrogens is 1. The Morgan fingerprint density at radius 2 is 1.65 bits per heavy atom. The second-order valence-electron chi connectivity index (χ2n) is 5.19. The van der Waals surface area contributed by atoms with Crippen LogP contribution < -0.4 is 14.9 Å². The van der Waals surface area contributed by atoms with Crippen LogP contribution in [0.5, 0.6) is 11.5 Å². The number of hydrogen-bond donors (Lipinski definition) is 0. The molecular formula is C18H13NO4. The summed E-state index contributed by atoms with van der Waals surface area (Å²) in [5.74, 6) is 1.32. The molecule has 0 aliphatic rings. The van der Waals surface area contributed by atoms with Crippen LogP contribution in [0.15, 0.2) is 51.7 Å². The molecule has 0 bridgehead atoms. The molecule has 0 unspecified atom stereocenters. The van der Waals surface area contributed by atoms with Crippen molar-refractivity contribution in [3.63, 3.8) is 0 Å². The van der Waals surface area contributed by atoms with Gasteiger partial charge in [0.2, 0.25) is 11.1 Å². The topological polar surface area (TPSA) is 61.6 Å². The Balaban J connectivity index is 2.12. The first kappa shape index (κ1) is 13.6. The fourth-order valence-corrected chi connectivity index (χ4v) is 2.66.